The molecule has 1 aromatic heterocycles. The number of anilines is 1. The highest BCUT2D eigenvalue weighted by Crippen LogP contribution is 2.28. The van der Waals surface area contributed by atoms with Crippen molar-refractivity contribution in [2.24, 2.45) is 0 Å². The van der Waals surface area contributed by atoms with Gasteiger partial charge in [0, 0.05) is 30.8 Å². The molecule has 1 atom stereocenters. The molecule has 1 aliphatic rings. The van der Waals surface area contributed by atoms with Crippen LogP contribution in [0.1, 0.15) is 22.6 Å². The Labute approximate surface area is 146 Å². The van der Waals surface area contributed by atoms with Crippen LogP contribution in [0.3, 0.4) is 0 Å². The molecule has 2 heterocycles. The summed E-state index contributed by atoms with van der Waals surface area (Å²) in [7, 11) is 1.51. The fraction of sp³-hybridized carbons (Fsp3) is 0.312. The van der Waals surface area contributed by atoms with E-state index in [9.17, 15) is 22.8 Å². The third-order valence-corrected chi connectivity index (χ3v) is 3.94. The number of halogens is 3. The molecule has 10 heteroatoms. The normalized spacial score (nSPS) is 17.5. The lowest BCUT2D eigenvalue weighted by molar-refractivity contribution is -0.141. The number of alkyl halides is 3. The van der Waals surface area contributed by atoms with Gasteiger partial charge in [-0.15, -0.1) is 0 Å². The average molecular weight is 368 g/mol. The van der Waals surface area contributed by atoms with E-state index in [0.29, 0.717) is 17.5 Å². The Kier molecular flexibility index (Phi) is 4.58. The van der Waals surface area contributed by atoms with E-state index in [0.717, 1.165) is 0 Å². The van der Waals surface area contributed by atoms with Crippen molar-refractivity contribution in [3.63, 3.8) is 0 Å². The number of aromatic nitrogens is 2. The van der Waals surface area contributed by atoms with Crippen molar-refractivity contribution in [1.82, 2.24) is 15.5 Å². The van der Waals surface area contributed by atoms with E-state index in [4.69, 9.17) is 4.74 Å². The van der Waals surface area contributed by atoms with Crippen LogP contribution >= 0.6 is 0 Å². The maximum atomic E-state index is 12.6. The number of aromatic amines is 1. The van der Waals surface area contributed by atoms with Crippen LogP contribution in [0.4, 0.5) is 18.9 Å². The summed E-state index contributed by atoms with van der Waals surface area (Å²) in [5.41, 5.74) is -0.877. The average Bonchev–Trinajstić information content (AvgIpc) is 3.21. The number of ether oxygens (including phenoxy) is 1. The number of carbonyl (C=O) groups excluding carboxylic acids is 2. The second-order valence-corrected chi connectivity index (χ2v) is 5.74. The Bertz CT molecular complexity index is 834. The SMILES string of the molecule is COc1cccc(N2C[C@@H](NC(=O)c3cc(C(F)(F)F)[nH]n3)CC2=O)c1. The fourth-order valence-corrected chi connectivity index (χ4v) is 2.67. The van der Waals surface area contributed by atoms with Crippen molar-refractivity contribution >= 4 is 17.5 Å². The van der Waals surface area contributed by atoms with Crippen LogP contribution < -0.4 is 15.0 Å². The van der Waals surface area contributed by atoms with Crippen molar-refractivity contribution in [1.29, 1.82) is 0 Å². The number of nitrogens with zero attached hydrogens (tertiary/aromatic N) is 2. The summed E-state index contributed by atoms with van der Waals surface area (Å²) >= 11 is 0. The second kappa shape index (κ2) is 6.70. The van der Waals surface area contributed by atoms with E-state index in [2.05, 4.69) is 10.4 Å². The predicted octanol–water partition coefficient (Wildman–Crippen LogP) is 1.97. The first-order valence-electron chi connectivity index (χ1n) is 7.66. The number of carbonyl (C=O) groups is 2. The third-order valence-electron chi connectivity index (χ3n) is 3.94. The molecular formula is C16H15F3N4O3. The zero-order valence-electron chi connectivity index (χ0n) is 13.6. The monoisotopic (exact) mass is 368 g/mol. The molecule has 2 aromatic rings. The van der Waals surface area contributed by atoms with Crippen LogP contribution in [0.15, 0.2) is 30.3 Å². The minimum Gasteiger partial charge on any atom is -0.497 e. The largest absolute Gasteiger partial charge is 0.497 e. The number of rotatable bonds is 4. The highest BCUT2D eigenvalue weighted by atomic mass is 19.4. The van der Waals surface area contributed by atoms with E-state index < -0.39 is 23.8 Å². The van der Waals surface area contributed by atoms with Crippen molar-refractivity contribution in [3.05, 3.63) is 41.7 Å². The Morgan fingerprint density at radius 2 is 2.15 bits per heavy atom. The number of benzene rings is 1. The first-order chi connectivity index (χ1) is 12.3. The Morgan fingerprint density at radius 3 is 2.81 bits per heavy atom. The first kappa shape index (κ1) is 17.8. The summed E-state index contributed by atoms with van der Waals surface area (Å²) in [4.78, 5) is 25.8. The molecule has 1 aromatic carbocycles. The number of methoxy groups -OCH3 is 1. The van der Waals surface area contributed by atoms with Crippen LogP contribution in [-0.2, 0) is 11.0 Å². The quantitative estimate of drug-likeness (QED) is 0.864. The van der Waals surface area contributed by atoms with Crippen LogP contribution in [0.5, 0.6) is 5.75 Å². The van der Waals surface area contributed by atoms with Gasteiger partial charge in [0.15, 0.2) is 5.69 Å². The van der Waals surface area contributed by atoms with Gasteiger partial charge in [-0.2, -0.15) is 18.3 Å². The summed E-state index contributed by atoms with van der Waals surface area (Å²) in [6.45, 7) is 0.203. The lowest BCUT2D eigenvalue weighted by Crippen LogP contribution is -2.37. The topological polar surface area (TPSA) is 87.3 Å². The maximum absolute atomic E-state index is 12.6. The Balaban J connectivity index is 1.67. The summed E-state index contributed by atoms with van der Waals surface area (Å²) in [5, 5.41) is 7.69. The highest BCUT2D eigenvalue weighted by molar-refractivity contribution is 5.98. The van der Waals surface area contributed by atoms with Gasteiger partial charge in [-0.1, -0.05) is 6.07 Å². The molecule has 26 heavy (non-hydrogen) atoms. The summed E-state index contributed by atoms with van der Waals surface area (Å²) < 4.78 is 42.8. The molecule has 0 radical (unpaired) electrons. The van der Waals surface area contributed by atoms with Crippen molar-refractivity contribution in [2.45, 2.75) is 18.6 Å². The molecule has 3 rings (SSSR count). The van der Waals surface area contributed by atoms with Gasteiger partial charge in [0.2, 0.25) is 5.91 Å². The molecule has 7 nitrogen and oxygen atoms in total. The molecule has 0 saturated carbocycles. The number of hydrogen-bond acceptors (Lipinski definition) is 4. The maximum Gasteiger partial charge on any atom is 0.432 e. The van der Waals surface area contributed by atoms with E-state index in [1.165, 1.54) is 12.0 Å². The first-order valence-corrected chi connectivity index (χ1v) is 7.66. The highest BCUT2D eigenvalue weighted by Gasteiger charge is 2.35. The Morgan fingerprint density at radius 1 is 1.38 bits per heavy atom. The van der Waals surface area contributed by atoms with Crippen LogP contribution in [0, 0.1) is 0 Å². The summed E-state index contributed by atoms with van der Waals surface area (Å²) in [6, 6.07) is 6.98. The van der Waals surface area contributed by atoms with Crippen molar-refractivity contribution in [3.8, 4) is 5.75 Å². The standard InChI is InChI=1S/C16H15F3N4O3/c1-26-11-4-2-3-10(6-11)23-8-9(5-14(23)24)20-15(25)12-7-13(22-21-12)16(17,18)19/h2-4,6-7,9H,5,8H2,1H3,(H,20,25)(H,21,22)/t9-/m0/s1. The smallest absolute Gasteiger partial charge is 0.432 e. The van der Waals surface area contributed by atoms with Gasteiger partial charge in [0.1, 0.15) is 11.4 Å². The second-order valence-electron chi connectivity index (χ2n) is 5.74. The minimum absolute atomic E-state index is 0.0412. The van der Waals surface area contributed by atoms with Gasteiger partial charge in [-0.05, 0) is 12.1 Å². The summed E-state index contributed by atoms with van der Waals surface area (Å²) in [5.74, 6) is -0.400. The van der Waals surface area contributed by atoms with Gasteiger partial charge >= 0.3 is 6.18 Å². The number of hydrogen-bond donors (Lipinski definition) is 2. The number of nitrogens with one attached hydrogen (secondary N) is 2. The van der Waals surface area contributed by atoms with E-state index in [-0.39, 0.29) is 24.6 Å². The zero-order chi connectivity index (χ0) is 18.9. The molecule has 0 aliphatic carbocycles. The van der Waals surface area contributed by atoms with Gasteiger partial charge < -0.3 is 15.0 Å². The molecule has 1 saturated heterocycles. The third kappa shape index (κ3) is 3.63. The van der Waals surface area contributed by atoms with Gasteiger partial charge in [-0.25, -0.2) is 0 Å². The lowest BCUT2D eigenvalue weighted by atomic mass is 10.2. The molecule has 1 aliphatic heterocycles. The molecule has 138 valence electrons. The van der Waals surface area contributed by atoms with Crippen molar-refractivity contribution < 1.29 is 27.5 Å². The molecule has 0 unspecified atom stereocenters. The predicted molar refractivity (Wildman–Crippen MR) is 84.8 cm³/mol. The van der Waals surface area contributed by atoms with E-state index >= 15 is 0 Å². The minimum atomic E-state index is -4.61. The zero-order valence-corrected chi connectivity index (χ0v) is 13.6. The van der Waals surface area contributed by atoms with Gasteiger partial charge in [0.25, 0.3) is 5.91 Å². The molecular weight excluding hydrogens is 353 g/mol. The molecule has 1 fully saturated rings. The lowest BCUT2D eigenvalue weighted by Gasteiger charge is -2.17. The Hall–Kier alpha value is -3.04. The number of H-pyrrole nitrogens is 1. The van der Waals surface area contributed by atoms with Crippen LogP contribution in [0.25, 0.3) is 0 Å². The fourth-order valence-electron chi connectivity index (χ4n) is 2.67. The van der Waals surface area contributed by atoms with E-state index in [1.54, 1.807) is 29.4 Å². The molecule has 0 spiro atoms. The van der Waals surface area contributed by atoms with Gasteiger partial charge in [0.05, 0.1) is 13.2 Å². The van der Waals surface area contributed by atoms with Crippen molar-refractivity contribution in [2.75, 3.05) is 18.6 Å². The van der Waals surface area contributed by atoms with E-state index in [1.807, 2.05) is 0 Å². The van der Waals surface area contributed by atoms with Gasteiger partial charge in [-0.3, -0.25) is 14.7 Å². The van der Waals surface area contributed by atoms with Crippen LogP contribution in [-0.4, -0.2) is 41.7 Å². The molecule has 2 amide bonds. The summed E-state index contributed by atoms with van der Waals surface area (Å²) in [6.07, 6.45) is -4.57. The number of amides is 2. The molecule has 2 N–H and O–H groups in total. The molecule has 0 bridgehead atoms. The van der Waals surface area contributed by atoms with Crippen LogP contribution in [0.2, 0.25) is 0 Å².